The van der Waals surface area contributed by atoms with Crippen molar-refractivity contribution in [3.05, 3.63) is 53.6 Å². The van der Waals surface area contributed by atoms with Gasteiger partial charge in [0.05, 0.1) is 17.8 Å². The Labute approximate surface area is 159 Å². The maximum absolute atomic E-state index is 12.0. The van der Waals surface area contributed by atoms with Crippen LogP contribution in [0.2, 0.25) is 0 Å². The van der Waals surface area contributed by atoms with E-state index in [9.17, 15) is 4.79 Å². The van der Waals surface area contributed by atoms with Crippen molar-refractivity contribution in [2.45, 2.75) is 6.54 Å². The number of fused-ring (bicyclic) bond motifs is 1. The fourth-order valence-electron chi connectivity index (χ4n) is 2.53. The molecule has 1 aliphatic rings. The number of hydrogen-bond donors (Lipinski definition) is 1. The van der Waals surface area contributed by atoms with Gasteiger partial charge in [0.2, 0.25) is 12.6 Å². The van der Waals surface area contributed by atoms with Crippen molar-refractivity contribution in [3.63, 3.8) is 0 Å². The van der Waals surface area contributed by atoms with E-state index in [4.69, 9.17) is 14.7 Å². The number of ether oxygens (including phenoxy) is 2. The van der Waals surface area contributed by atoms with E-state index in [1.54, 1.807) is 42.5 Å². The highest BCUT2D eigenvalue weighted by molar-refractivity contribution is 5.83. The summed E-state index contributed by atoms with van der Waals surface area (Å²) in [6, 6.07) is 14.3. The Morgan fingerprint density at radius 1 is 1.29 bits per heavy atom. The molecule has 2 aromatic carbocycles. The molecule has 0 atom stereocenters. The van der Waals surface area contributed by atoms with Crippen molar-refractivity contribution in [3.8, 4) is 29.0 Å². The first kappa shape index (κ1) is 17.2. The predicted molar refractivity (Wildman–Crippen MR) is 96.3 cm³/mol. The first-order chi connectivity index (χ1) is 13.7. The van der Waals surface area contributed by atoms with Crippen molar-refractivity contribution in [1.82, 2.24) is 25.6 Å². The number of carbonyl (C=O) groups excluding carboxylic acids is 1. The molecular formula is C18H13N7O3. The second-order valence-electron chi connectivity index (χ2n) is 5.71. The van der Waals surface area contributed by atoms with Crippen LogP contribution in [0.25, 0.3) is 11.4 Å². The largest absolute Gasteiger partial charge is 0.454 e. The molecule has 10 nitrogen and oxygen atoms in total. The monoisotopic (exact) mass is 375 g/mol. The maximum atomic E-state index is 12.0. The Hall–Kier alpha value is -4.26. The second kappa shape index (κ2) is 7.55. The Kier molecular flexibility index (Phi) is 4.63. The normalized spacial score (nSPS) is 12.1. The van der Waals surface area contributed by atoms with Gasteiger partial charge in [-0.1, -0.05) is 12.1 Å². The zero-order valence-corrected chi connectivity index (χ0v) is 14.4. The Balaban J connectivity index is 1.37. The summed E-state index contributed by atoms with van der Waals surface area (Å²) in [5.74, 6) is 1.16. The van der Waals surface area contributed by atoms with Crippen LogP contribution in [0.3, 0.4) is 0 Å². The predicted octanol–water partition coefficient (Wildman–Crippen LogP) is 1.09. The number of hydrogen-bond acceptors (Lipinski definition) is 8. The van der Waals surface area contributed by atoms with E-state index >= 15 is 0 Å². The van der Waals surface area contributed by atoms with E-state index < -0.39 is 5.91 Å². The average Bonchev–Trinajstić information content (AvgIpc) is 3.37. The van der Waals surface area contributed by atoms with Gasteiger partial charge in [-0.3, -0.25) is 4.79 Å². The molecule has 0 aliphatic carbocycles. The third-order valence-corrected chi connectivity index (χ3v) is 3.83. The van der Waals surface area contributed by atoms with E-state index in [1.165, 1.54) is 6.21 Å². The van der Waals surface area contributed by atoms with Crippen LogP contribution in [0.5, 0.6) is 11.5 Å². The van der Waals surface area contributed by atoms with Gasteiger partial charge >= 0.3 is 0 Å². The number of benzene rings is 2. The summed E-state index contributed by atoms with van der Waals surface area (Å²) in [4.78, 5) is 13.1. The molecule has 138 valence electrons. The zero-order valence-electron chi connectivity index (χ0n) is 14.4. The second-order valence-corrected chi connectivity index (χ2v) is 5.71. The molecule has 1 N–H and O–H groups in total. The SMILES string of the molecule is N#Cc1ccccc1-c1nnn(CC(=O)N/N=C\c2ccc3c(c2)OCO3)n1. The minimum Gasteiger partial charge on any atom is -0.454 e. The van der Waals surface area contributed by atoms with Gasteiger partial charge in [0.25, 0.3) is 5.91 Å². The van der Waals surface area contributed by atoms with Crippen molar-refractivity contribution >= 4 is 12.1 Å². The number of amides is 1. The number of nitriles is 1. The fourth-order valence-corrected chi connectivity index (χ4v) is 2.53. The van der Waals surface area contributed by atoms with Crippen LogP contribution in [0.4, 0.5) is 0 Å². The van der Waals surface area contributed by atoms with Crippen LogP contribution in [-0.2, 0) is 11.3 Å². The minimum absolute atomic E-state index is 0.166. The summed E-state index contributed by atoms with van der Waals surface area (Å²) in [5, 5.41) is 24.9. The molecule has 1 aliphatic heterocycles. The lowest BCUT2D eigenvalue weighted by molar-refractivity contribution is -0.122. The summed E-state index contributed by atoms with van der Waals surface area (Å²) in [5.41, 5.74) is 4.13. The first-order valence-electron chi connectivity index (χ1n) is 8.22. The Morgan fingerprint density at radius 3 is 3.04 bits per heavy atom. The summed E-state index contributed by atoms with van der Waals surface area (Å²) in [7, 11) is 0. The van der Waals surface area contributed by atoms with E-state index in [2.05, 4.69) is 32.0 Å². The molecule has 1 aromatic heterocycles. The number of hydrazone groups is 1. The molecule has 0 bridgehead atoms. The number of nitrogens with one attached hydrogen (secondary N) is 1. The molecule has 0 radical (unpaired) electrons. The van der Waals surface area contributed by atoms with Gasteiger partial charge in [-0.05, 0) is 41.1 Å². The molecule has 3 aromatic rings. The van der Waals surface area contributed by atoms with Crippen LogP contribution in [-0.4, -0.2) is 39.1 Å². The molecule has 0 saturated carbocycles. The summed E-state index contributed by atoms with van der Waals surface area (Å²) in [6.45, 7) is 0.0264. The summed E-state index contributed by atoms with van der Waals surface area (Å²) < 4.78 is 10.5. The fraction of sp³-hybridized carbons (Fsp3) is 0.111. The quantitative estimate of drug-likeness (QED) is 0.522. The lowest BCUT2D eigenvalue weighted by Gasteiger charge is -1.99. The topological polar surface area (TPSA) is 127 Å². The third kappa shape index (κ3) is 3.63. The molecular weight excluding hydrogens is 362 g/mol. The number of carbonyl (C=O) groups is 1. The first-order valence-corrected chi connectivity index (χ1v) is 8.22. The van der Waals surface area contributed by atoms with Crippen LogP contribution >= 0.6 is 0 Å². The summed E-state index contributed by atoms with van der Waals surface area (Å²) >= 11 is 0. The lowest BCUT2D eigenvalue weighted by Crippen LogP contribution is -2.24. The third-order valence-electron chi connectivity index (χ3n) is 3.83. The molecule has 0 fully saturated rings. The number of tetrazole rings is 1. The van der Waals surface area contributed by atoms with Gasteiger partial charge in [0.1, 0.15) is 6.54 Å². The van der Waals surface area contributed by atoms with Gasteiger partial charge in [0, 0.05) is 5.56 Å². The van der Waals surface area contributed by atoms with Crippen LogP contribution in [0.1, 0.15) is 11.1 Å². The van der Waals surface area contributed by atoms with Gasteiger partial charge < -0.3 is 9.47 Å². The van der Waals surface area contributed by atoms with Crippen molar-refractivity contribution in [2.24, 2.45) is 5.10 Å². The lowest BCUT2D eigenvalue weighted by atomic mass is 10.1. The van der Waals surface area contributed by atoms with E-state index in [0.717, 1.165) is 10.4 Å². The van der Waals surface area contributed by atoms with Gasteiger partial charge in [-0.15, -0.1) is 10.2 Å². The van der Waals surface area contributed by atoms with Crippen LogP contribution < -0.4 is 14.9 Å². The molecule has 0 saturated heterocycles. The highest BCUT2D eigenvalue weighted by atomic mass is 16.7. The highest BCUT2D eigenvalue weighted by Crippen LogP contribution is 2.31. The smallest absolute Gasteiger partial charge is 0.263 e. The molecule has 28 heavy (non-hydrogen) atoms. The summed E-state index contributed by atoms with van der Waals surface area (Å²) in [6.07, 6.45) is 1.49. The molecule has 0 spiro atoms. The Bertz CT molecular complexity index is 1100. The molecule has 10 heteroatoms. The molecule has 2 heterocycles. The van der Waals surface area contributed by atoms with E-state index in [-0.39, 0.29) is 19.2 Å². The molecule has 0 unspecified atom stereocenters. The van der Waals surface area contributed by atoms with E-state index in [1.807, 2.05) is 0 Å². The number of aromatic nitrogens is 4. The standard InChI is InChI=1S/C18H13N7O3/c19-8-13-3-1-2-4-14(13)18-22-24-25(23-18)10-17(26)21-20-9-12-5-6-15-16(7-12)28-11-27-15/h1-7,9H,10-11H2,(H,21,26)/b20-9-. The van der Waals surface area contributed by atoms with Crippen LogP contribution in [0.15, 0.2) is 47.6 Å². The number of rotatable bonds is 5. The van der Waals surface area contributed by atoms with Gasteiger partial charge in [0.15, 0.2) is 11.5 Å². The van der Waals surface area contributed by atoms with Crippen LogP contribution in [0, 0.1) is 11.3 Å². The van der Waals surface area contributed by atoms with Crippen molar-refractivity contribution in [1.29, 1.82) is 5.26 Å². The zero-order chi connectivity index (χ0) is 19.3. The van der Waals surface area contributed by atoms with Gasteiger partial charge in [-0.2, -0.15) is 15.2 Å². The number of nitrogens with zero attached hydrogens (tertiary/aromatic N) is 6. The molecule has 1 amide bonds. The highest BCUT2D eigenvalue weighted by Gasteiger charge is 2.13. The van der Waals surface area contributed by atoms with Crippen molar-refractivity contribution < 1.29 is 14.3 Å². The Morgan fingerprint density at radius 2 is 2.14 bits per heavy atom. The minimum atomic E-state index is -0.422. The van der Waals surface area contributed by atoms with Crippen molar-refractivity contribution in [2.75, 3.05) is 6.79 Å². The average molecular weight is 375 g/mol. The van der Waals surface area contributed by atoms with Gasteiger partial charge in [-0.25, -0.2) is 5.43 Å². The van der Waals surface area contributed by atoms with E-state index in [0.29, 0.717) is 22.6 Å². The maximum Gasteiger partial charge on any atom is 0.263 e. The molecule has 4 rings (SSSR count).